The summed E-state index contributed by atoms with van der Waals surface area (Å²) in [6, 6.07) is 0. The van der Waals surface area contributed by atoms with Crippen LogP contribution in [0.1, 0.15) is 26.2 Å². The Hall–Kier alpha value is -1.01. The summed E-state index contributed by atoms with van der Waals surface area (Å²) in [5.74, 6) is 5.57. The standard InChI is InChI=1S/C10H15NO2/c1-8(12)7-11-10(13)6-5-9-3-2-4-9/h8-9,12H,2-4,7H2,1H3,(H,11,13). The van der Waals surface area contributed by atoms with Crippen LogP contribution in [0.5, 0.6) is 0 Å². The second kappa shape index (κ2) is 4.88. The fraction of sp³-hybridized carbons (Fsp3) is 0.700. The van der Waals surface area contributed by atoms with E-state index in [1.807, 2.05) is 0 Å². The number of aliphatic hydroxyl groups excluding tert-OH is 1. The highest BCUT2D eigenvalue weighted by Crippen LogP contribution is 2.24. The Labute approximate surface area is 78.5 Å². The molecule has 3 nitrogen and oxygen atoms in total. The molecule has 1 amide bonds. The van der Waals surface area contributed by atoms with Crippen molar-refractivity contribution in [2.75, 3.05) is 6.54 Å². The summed E-state index contributed by atoms with van der Waals surface area (Å²) in [5, 5.41) is 11.4. The van der Waals surface area contributed by atoms with E-state index in [4.69, 9.17) is 5.11 Å². The molecule has 1 unspecified atom stereocenters. The van der Waals surface area contributed by atoms with E-state index >= 15 is 0 Å². The number of aliphatic hydroxyl groups is 1. The lowest BCUT2D eigenvalue weighted by Crippen LogP contribution is -2.29. The van der Waals surface area contributed by atoms with Crippen molar-refractivity contribution in [3.05, 3.63) is 0 Å². The first-order chi connectivity index (χ1) is 6.18. The summed E-state index contributed by atoms with van der Waals surface area (Å²) in [7, 11) is 0. The summed E-state index contributed by atoms with van der Waals surface area (Å²) in [4.78, 5) is 11.0. The van der Waals surface area contributed by atoms with Crippen LogP contribution in [0.4, 0.5) is 0 Å². The SMILES string of the molecule is CC(O)CNC(=O)C#CC1CCC1. The third-order valence-corrected chi connectivity index (χ3v) is 2.05. The zero-order chi connectivity index (χ0) is 9.68. The van der Waals surface area contributed by atoms with E-state index in [0.29, 0.717) is 5.92 Å². The fourth-order valence-corrected chi connectivity index (χ4v) is 1.00. The van der Waals surface area contributed by atoms with Crippen LogP contribution < -0.4 is 5.32 Å². The van der Waals surface area contributed by atoms with Gasteiger partial charge in [-0.25, -0.2) is 0 Å². The molecule has 72 valence electrons. The Balaban J connectivity index is 2.18. The Morgan fingerprint density at radius 3 is 2.85 bits per heavy atom. The predicted molar refractivity (Wildman–Crippen MR) is 49.8 cm³/mol. The van der Waals surface area contributed by atoms with Gasteiger partial charge in [0, 0.05) is 12.5 Å². The molecule has 0 heterocycles. The van der Waals surface area contributed by atoms with E-state index in [1.54, 1.807) is 6.92 Å². The first kappa shape index (κ1) is 10.1. The third kappa shape index (κ3) is 3.95. The van der Waals surface area contributed by atoms with Crippen molar-refractivity contribution >= 4 is 5.91 Å². The van der Waals surface area contributed by atoms with E-state index in [9.17, 15) is 4.79 Å². The van der Waals surface area contributed by atoms with Crippen molar-refractivity contribution in [3.63, 3.8) is 0 Å². The van der Waals surface area contributed by atoms with E-state index in [1.165, 1.54) is 6.42 Å². The summed E-state index contributed by atoms with van der Waals surface area (Å²) >= 11 is 0. The number of carbonyl (C=O) groups excluding carboxylic acids is 1. The Morgan fingerprint density at radius 2 is 2.38 bits per heavy atom. The first-order valence-electron chi connectivity index (χ1n) is 4.66. The monoisotopic (exact) mass is 181 g/mol. The molecule has 1 aliphatic rings. The Morgan fingerprint density at radius 1 is 1.69 bits per heavy atom. The largest absolute Gasteiger partial charge is 0.392 e. The summed E-state index contributed by atoms with van der Waals surface area (Å²) in [6.07, 6.45) is 2.97. The quantitative estimate of drug-likeness (QED) is 0.601. The number of hydrogen-bond donors (Lipinski definition) is 2. The topological polar surface area (TPSA) is 49.3 Å². The average molecular weight is 181 g/mol. The second-order valence-electron chi connectivity index (χ2n) is 3.46. The molecular formula is C10H15NO2. The van der Waals surface area contributed by atoms with Gasteiger partial charge >= 0.3 is 0 Å². The maximum absolute atomic E-state index is 11.0. The zero-order valence-corrected chi connectivity index (χ0v) is 7.84. The molecule has 1 atom stereocenters. The van der Waals surface area contributed by atoms with E-state index in [0.717, 1.165) is 12.8 Å². The van der Waals surface area contributed by atoms with Gasteiger partial charge in [-0.3, -0.25) is 4.79 Å². The molecule has 0 saturated heterocycles. The highest BCUT2D eigenvalue weighted by atomic mass is 16.3. The van der Waals surface area contributed by atoms with E-state index < -0.39 is 6.10 Å². The van der Waals surface area contributed by atoms with Crippen molar-refractivity contribution in [1.29, 1.82) is 0 Å². The molecule has 0 aromatic carbocycles. The molecule has 3 heteroatoms. The van der Waals surface area contributed by atoms with Gasteiger partial charge in [0.25, 0.3) is 5.91 Å². The highest BCUT2D eigenvalue weighted by molar-refractivity contribution is 5.93. The van der Waals surface area contributed by atoms with Crippen LogP contribution in [0.2, 0.25) is 0 Å². The van der Waals surface area contributed by atoms with Gasteiger partial charge in [0.15, 0.2) is 0 Å². The number of nitrogens with one attached hydrogen (secondary N) is 1. The van der Waals surface area contributed by atoms with Gasteiger partial charge in [0.05, 0.1) is 6.10 Å². The van der Waals surface area contributed by atoms with Crippen molar-refractivity contribution in [2.24, 2.45) is 5.92 Å². The van der Waals surface area contributed by atoms with Crippen LogP contribution in [0.3, 0.4) is 0 Å². The van der Waals surface area contributed by atoms with Crippen LogP contribution >= 0.6 is 0 Å². The van der Waals surface area contributed by atoms with Gasteiger partial charge < -0.3 is 10.4 Å². The smallest absolute Gasteiger partial charge is 0.295 e. The zero-order valence-electron chi connectivity index (χ0n) is 7.84. The molecular weight excluding hydrogens is 166 g/mol. The third-order valence-electron chi connectivity index (χ3n) is 2.05. The number of rotatable bonds is 2. The minimum absolute atomic E-state index is 0.276. The van der Waals surface area contributed by atoms with Crippen LogP contribution in [-0.4, -0.2) is 23.7 Å². The molecule has 2 N–H and O–H groups in total. The van der Waals surface area contributed by atoms with Crippen LogP contribution in [-0.2, 0) is 4.79 Å². The van der Waals surface area contributed by atoms with Crippen molar-refractivity contribution in [3.8, 4) is 11.8 Å². The summed E-state index contributed by atoms with van der Waals surface area (Å²) in [5.41, 5.74) is 0. The number of hydrogen-bond acceptors (Lipinski definition) is 2. The fourth-order valence-electron chi connectivity index (χ4n) is 1.00. The molecule has 0 bridgehead atoms. The van der Waals surface area contributed by atoms with Crippen LogP contribution in [0.15, 0.2) is 0 Å². The minimum Gasteiger partial charge on any atom is -0.392 e. The predicted octanol–water partition coefficient (Wildman–Crippen LogP) is 0.287. The highest BCUT2D eigenvalue weighted by Gasteiger charge is 2.14. The second-order valence-corrected chi connectivity index (χ2v) is 3.46. The molecule has 0 radical (unpaired) electrons. The minimum atomic E-state index is -0.505. The lowest BCUT2D eigenvalue weighted by Gasteiger charge is -2.18. The average Bonchev–Trinajstić information content (AvgIpc) is 1.98. The van der Waals surface area contributed by atoms with Crippen molar-refractivity contribution in [1.82, 2.24) is 5.32 Å². The first-order valence-corrected chi connectivity index (χ1v) is 4.66. The summed E-state index contributed by atoms with van der Waals surface area (Å²) < 4.78 is 0. The molecule has 1 fully saturated rings. The normalized spacial score (nSPS) is 18.0. The van der Waals surface area contributed by atoms with E-state index in [-0.39, 0.29) is 12.5 Å². The van der Waals surface area contributed by atoms with Crippen molar-refractivity contribution < 1.29 is 9.90 Å². The molecule has 1 aliphatic carbocycles. The molecule has 0 aliphatic heterocycles. The molecule has 0 aromatic rings. The van der Waals surface area contributed by atoms with E-state index in [2.05, 4.69) is 17.2 Å². The molecule has 0 aromatic heterocycles. The van der Waals surface area contributed by atoms with Gasteiger partial charge in [-0.2, -0.15) is 0 Å². The maximum atomic E-state index is 11.0. The molecule has 0 spiro atoms. The van der Waals surface area contributed by atoms with Gasteiger partial charge in [-0.1, -0.05) is 12.3 Å². The number of carbonyl (C=O) groups is 1. The Bertz CT molecular complexity index is 233. The lowest BCUT2D eigenvalue weighted by molar-refractivity contribution is -0.116. The van der Waals surface area contributed by atoms with Gasteiger partial charge in [-0.05, 0) is 25.7 Å². The molecule has 1 rings (SSSR count). The maximum Gasteiger partial charge on any atom is 0.295 e. The van der Waals surface area contributed by atoms with Gasteiger partial charge in [-0.15, -0.1) is 0 Å². The van der Waals surface area contributed by atoms with Crippen LogP contribution in [0, 0.1) is 17.8 Å². The van der Waals surface area contributed by atoms with Crippen LogP contribution in [0.25, 0.3) is 0 Å². The summed E-state index contributed by atoms with van der Waals surface area (Å²) in [6.45, 7) is 1.90. The van der Waals surface area contributed by atoms with Crippen molar-refractivity contribution in [2.45, 2.75) is 32.3 Å². The van der Waals surface area contributed by atoms with Gasteiger partial charge in [0.2, 0.25) is 0 Å². The van der Waals surface area contributed by atoms with Gasteiger partial charge in [0.1, 0.15) is 0 Å². The Kier molecular flexibility index (Phi) is 3.78. The number of amides is 1. The molecule has 1 saturated carbocycles. The molecule has 13 heavy (non-hydrogen) atoms. The lowest BCUT2D eigenvalue weighted by atomic mass is 9.86.